The molecule has 3 aromatic heterocycles. The van der Waals surface area contributed by atoms with Gasteiger partial charge in [-0.3, -0.25) is 9.20 Å². The van der Waals surface area contributed by atoms with Crippen LogP contribution in [0.2, 0.25) is 0 Å². The van der Waals surface area contributed by atoms with E-state index in [0.29, 0.717) is 18.0 Å². The topological polar surface area (TPSA) is 114 Å². The zero-order valence-corrected chi connectivity index (χ0v) is 16.2. The van der Waals surface area contributed by atoms with Crippen molar-refractivity contribution < 1.29 is 14.0 Å². The zero-order valence-electron chi connectivity index (χ0n) is 15.4. The first-order chi connectivity index (χ1) is 13.7. The average molecular weight is 402 g/mol. The summed E-state index contributed by atoms with van der Waals surface area (Å²) in [6, 6.07) is 8.38. The van der Waals surface area contributed by atoms with Crippen LogP contribution < -0.4 is 16.0 Å². The van der Waals surface area contributed by atoms with Crippen LogP contribution in [0.1, 0.15) is 24.0 Å². The van der Waals surface area contributed by atoms with Gasteiger partial charge in [-0.25, -0.2) is 4.79 Å². The molecule has 3 aromatic rings. The van der Waals surface area contributed by atoms with Gasteiger partial charge < -0.3 is 20.4 Å². The Kier molecular flexibility index (Phi) is 6.90. The summed E-state index contributed by atoms with van der Waals surface area (Å²) in [5, 5.41) is 16.5. The van der Waals surface area contributed by atoms with Gasteiger partial charge in [0, 0.05) is 6.20 Å². The van der Waals surface area contributed by atoms with Crippen molar-refractivity contribution in [2.75, 3.05) is 18.6 Å². The Hall–Kier alpha value is -3.01. The molecule has 1 atom stereocenters. The molecule has 3 amide bonds. The second-order valence-corrected chi connectivity index (χ2v) is 6.99. The fourth-order valence-corrected chi connectivity index (χ4v) is 3.12. The van der Waals surface area contributed by atoms with Crippen molar-refractivity contribution in [1.82, 2.24) is 30.5 Å². The molecule has 3 rings (SSSR count). The maximum atomic E-state index is 12.3. The van der Waals surface area contributed by atoms with Gasteiger partial charge in [0.15, 0.2) is 11.5 Å². The van der Waals surface area contributed by atoms with E-state index in [1.165, 1.54) is 6.26 Å². The summed E-state index contributed by atoms with van der Waals surface area (Å²) in [4.78, 5) is 24.2. The number of hydrogen-bond donors (Lipinski definition) is 3. The van der Waals surface area contributed by atoms with Gasteiger partial charge in [-0.15, -0.1) is 10.2 Å². The molecule has 3 heterocycles. The Morgan fingerprint density at radius 3 is 2.89 bits per heavy atom. The molecule has 0 unspecified atom stereocenters. The Morgan fingerprint density at radius 2 is 2.11 bits per heavy atom. The summed E-state index contributed by atoms with van der Waals surface area (Å²) >= 11 is 1.69. The number of thioether (sulfide) groups is 1. The maximum Gasteiger partial charge on any atom is 0.315 e. The molecule has 148 valence electrons. The molecule has 0 fully saturated rings. The molecule has 0 bridgehead atoms. The van der Waals surface area contributed by atoms with E-state index in [1.54, 1.807) is 23.9 Å². The van der Waals surface area contributed by atoms with Gasteiger partial charge >= 0.3 is 6.03 Å². The largest absolute Gasteiger partial charge is 0.467 e. The predicted octanol–water partition coefficient (Wildman–Crippen LogP) is 1.73. The number of hydrogen-bond acceptors (Lipinski definition) is 6. The van der Waals surface area contributed by atoms with Crippen LogP contribution in [0.15, 0.2) is 47.2 Å². The van der Waals surface area contributed by atoms with Crippen molar-refractivity contribution in [1.29, 1.82) is 0 Å². The minimum Gasteiger partial charge on any atom is -0.467 e. The van der Waals surface area contributed by atoms with Gasteiger partial charge in [-0.05, 0) is 42.7 Å². The molecule has 0 aromatic carbocycles. The minimum absolute atomic E-state index is 0.142. The highest BCUT2D eigenvalue weighted by Crippen LogP contribution is 2.18. The average Bonchev–Trinajstić information content (AvgIpc) is 3.37. The number of amides is 3. The number of pyridine rings is 1. The number of furan rings is 1. The van der Waals surface area contributed by atoms with Crippen LogP contribution in [-0.4, -0.2) is 45.1 Å². The molecule has 28 heavy (non-hydrogen) atoms. The van der Waals surface area contributed by atoms with Gasteiger partial charge in [0.1, 0.15) is 5.76 Å². The molecular formula is C18H22N6O3S. The first kappa shape index (κ1) is 19.7. The molecular weight excluding hydrogens is 380 g/mol. The fraction of sp³-hybridized carbons (Fsp3) is 0.333. The highest BCUT2D eigenvalue weighted by atomic mass is 32.2. The number of nitrogens with one attached hydrogen (secondary N) is 3. The summed E-state index contributed by atoms with van der Waals surface area (Å²) in [7, 11) is 0. The smallest absolute Gasteiger partial charge is 0.315 e. The van der Waals surface area contributed by atoms with Crippen molar-refractivity contribution in [2.45, 2.75) is 19.0 Å². The summed E-state index contributed by atoms with van der Waals surface area (Å²) in [5.41, 5.74) is 0.719. The Balaban J connectivity index is 1.55. The van der Waals surface area contributed by atoms with E-state index in [0.717, 1.165) is 11.4 Å². The van der Waals surface area contributed by atoms with Crippen molar-refractivity contribution in [3.63, 3.8) is 0 Å². The third kappa shape index (κ3) is 5.26. The Labute approximate surface area is 166 Å². The normalized spacial score (nSPS) is 11.9. The summed E-state index contributed by atoms with van der Waals surface area (Å²) < 4.78 is 6.99. The van der Waals surface area contributed by atoms with E-state index < -0.39 is 6.03 Å². The highest BCUT2D eigenvalue weighted by Gasteiger charge is 2.20. The number of rotatable bonds is 9. The molecule has 10 heteroatoms. The lowest BCUT2D eigenvalue weighted by molar-refractivity contribution is -0.120. The van der Waals surface area contributed by atoms with Gasteiger partial charge in [0.05, 0.1) is 25.4 Å². The second-order valence-electron chi connectivity index (χ2n) is 6.00. The number of aromatic nitrogens is 3. The summed E-state index contributed by atoms with van der Waals surface area (Å²) in [5.74, 6) is 1.85. The number of nitrogens with zero attached hydrogens (tertiary/aromatic N) is 3. The van der Waals surface area contributed by atoms with Crippen LogP contribution in [0.3, 0.4) is 0 Å². The third-order valence-corrected chi connectivity index (χ3v) is 4.65. The van der Waals surface area contributed by atoms with Crippen molar-refractivity contribution in [3.05, 3.63) is 54.4 Å². The first-order valence-corrected chi connectivity index (χ1v) is 10.2. The Bertz CT molecular complexity index is 911. The van der Waals surface area contributed by atoms with E-state index in [4.69, 9.17) is 4.42 Å². The van der Waals surface area contributed by atoms with E-state index in [-0.39, 0.29) is 25.0 Å². The SMILES string of the molecule is CSCC[C@@H](NC(=O)CNC(=O)NCc1ccco1)c1nnc2ccccn12. The Morgan fingerprint density at radius 1 is 1.21 bits per heavy atom. The highest BCUT2D eigenvalue weighted by molar-refractivity contribution is 7.98. The first-order valence-electron chi connectivity index (χ1n) is 8.79. The van der Waals surface area contributed by atoms with Gasteiger partial charge in [0.25, 0.3) is 0 Å². The lowest BCUT2D eigenvalue weighted by Gasteiger charge is -2.17. The quantitative estimate of drug-likeness (QED) is 0.502. The lowest BCUT2D eigenvalue weighted by Crippen LogP contribution is -2.43. The van der Waals surface area contributed by atoms with Crippen LogP contribution in [-0.2, 0) is 11.3 Å². The number of urea groups is 1. The summed E-state index contributed by atoms with van der Waals surface area (Å²) in [6.07, 6.45) is 6.10. The van der Waals surface area contributed by atoms with Crippen LogP contribution in [0, 0.1) is 0 Å². The number of carbonyl (C=O) groups excluding carboxylic acids is 2. The van der Waals surface area contributed by atoms with Crippen molar-refractivity contribution in [2.24, 2.45) is 0 Å². The van der Waals surface area contributed by atoms with Gasteiger partial charge in [-0.2, -0.15) is 11.8 Å². The van der Waals surface area contributed by atoms with Crippen LogP contribution in [0.25, 0.3) is 5.65 Å². The van der Waals surface area contributed by atoms with E-state index in [2.05, 4.69) is 26.1 Å². The van der Waals surface area contributed by atoms with E-state index in [1.807, 2.05) is 35.1 Å². The summed E-state index contributed by atoms with van der Waals surface area (Å²) in [6.45, 7) is 0.110. The van der Waals surface area contributed by atoms with Gasteiger partial charge in [-0.1, -0.05) is 6.07 Å². The van der Waals surface area contributed by atoms with Crippen molar-refractivity contribution >= 4 is 29.3 Å². The van der Waals surface area contributed by atoms with Crippen LogP contribution in [0.4, 0.5) is 4.79 Å². The molecule has 0 aliphatic rings. The molecule has 0 aliphatic heterocycles. The second kappa shape index (κ2) is 9.79. The molecule has 0 saturated carbocycles. The molecule has 0 radical (unpaired) electrons. The van der Waals surface area contributed by atoms with Crippen LogP contribution in [0.5, 0.6) is 0 Å². The number of fused-ring (bicyclic) bond motifs is 1. The maximum absolute atomic E-state index is 12.3. The standard InChI is InChI=1S/C18H22N6O3S/c1-28-10-7-14(17-23-22-15-6-2-3-8-24(15)17)21-16(25)12-20-18(26)19-11-13-5-4-9-27-13/h2-6,8-9,14H,7,10-12H2,1H3,(H,21,25)(H2,19,20,26)/t14-/m1/s1. The monoisotopic (exact) mass is 402 g/mol. The van der Waals surface area contributed by atoms with Crippen molar-refractivity contribution in [3.8, 4) is 0 Å². The lowest BCUT2D eigenvalue weighted by atomic mass is 10.2. The molecule has 3 N–H and O–H groups in total. The number of carbonyl (C=O) groups is 2. The molecule has 0 saturated heterocycles. The molecule has 0 spiro atoms. The molecule has 0 aliphatic carbocycles. The van der Waals surface area contributed by atoms with E-state index in [9.17, 15) is 9.59 Å². The van der Waals surface area contributed by atoms with Crippen LogP contribution >= 0.6 is 11.8 Å². The zero-order chi connectivity index (χ0) is 19.8. The van der Waals surface area contributed by atoms with E-state index >= 15 is 0 Å². The fourth-order valence-electron chi connectivity index (χ4n) is 2.65. The predicted molar refractivity (Wildman–Crippen MR) is 106 cm³/mol. The third-order valence-electron chi connectivity index (χ3n) is 4.01. The molecule has 9 nitrogen and oxygen atoms in total. The van der Waals surface area contributed by atoms with Gasteiger partial charge in [0.2, 0.25) is 5.91 Å². The minimum atomic E-state index is -0.444.